The van der Waals surface area contributed by atoms with Crippen LogP contribution in [0.2, 0.25) is 0 Å². The summed E-state index contributed by atoms with van der Waals surface area (Å²) in [6, 6.07) is 15.5. The van der Waals surface area contributed by atoms with Gasteiger partial charge < -0.3 is 19.6 Å². The summed E-state index contributed by atoms with van der Waals surface area (Å²) in [5.74, 6) is -0.651. The van der Waals surface area contributed by atoms with Gasteiger partial charge in [0.25, 0.3) is 11.6 Å². The van der Waals surface area contributed by atoms with Crippen LogP contribution in [0.25, 0.3) is 0 Å². The average molecular weight is 575 g/mol. The number of carbonyl (C=O) groups excluding carboxylic acids is 1. The van der Waals surface area contributed by atoms with E-state index in [0.717, 1.165) is 23.8 Å². The number of non-ortho nitro benzene ring substituents is 1. The van der Waals surface area contributed by atoms with Gasteiger partial charge in [-0.25, -0.2) is 5.43 Å². The molecule has 42 heavy (non-hydrogen) atoms. The predicted molar refractivity (Wildman–Crippen MR) is 147 cm³/mol. The molecule has 0 aliphatic heterocycles. The maximum absolute atomic E-state index is 12.5. The van der Waals surface area contributed by atoms with Gasteiger partial charge in [-0.1, -0.05) is 12.1 Å². The fourth-order valence-electron chi connectivity index (χ4n) is 3.72. The largest absolute Gasteiger partial charge is 0.493 e. The summed E-state index contributed by atoms with van der Waals surface area (Å²) in [6.45, 7) is 2.00. The first-order valence-electron chi connectivity index (χ1n) is 12.0. The number of hydrogen-bond acceptors (Lipinski definition) is 11. The Morgan fingerprint density at radius 2 is 1.64 bits per heavy atom. The summed E-state index contributed by atoms with van der Waals surface area (Å²) < 4.78 is 12.4. The lowest BCUT2D eigenvalue weighted by Gasteiger charge is -2.11. The second kappa shape index (κ2) is 12.3. The monoisotopic (exact) mass is 575 g/mol. The summed E-state index contributed by atoms with van der Waals surface area (Å²) in [5.41, 5.74) is 3.59. The molecule has 4 rings (SSSR count). The van der Waals surface area contributed by atoms with Gasteiger partial charge in [0.1, 0.15) is 0 Å². The predicted octanol–water partition coefficient (Wildman–Crippen LogP) is 4.53. The Kier molecular flexibility index (Phi) is 8.46. The number of hydrogen-bond donors (Lipinski definition) is 1. The molecule has 0 fully saturated rings. The highest BCUT2D eigenvalue weighted by molar-refractivity contribution is 5.95. The molecule has 0 atom stereocenters. The topological polar surface area (TPSA) is 207 Å². The van der Waals surface area contributed by atoms with Crippen molar-refractivity contribution in [2.75, 3.05) is 7.11 Å². The molecule has 1 N–H and O–H groups in total. The van der Waals surface area contributed by atoms with Crippen molar-refractivity contribution < 1.29 is 29.0 Å². The summed E-state index contributed by atoms with van der Waals surface area (Å²) in [6.07, 6.45) is 1.35. The van der Waals surface area contributed by atoms with Crippen LogP contribution in [-0.2, 0) is 6.54 Å². The third-order valence-electron chi connectivity index (χ3n) is 5.84. The van der Waals surface area contributed by atoms with Gasteiger partial charge in [-0.2, -0.15) is 9.78 Å². The van der Waals surface area contributed by atoms with E-state index in [1.807, 2.05) is 0 Å². The number of nitro groups is 3. The summed E-state index contributed by atoms with van der Waals surface area (Å²) in [4.78, 5) is 43.7. The lowest BCUT2D eigenvalue weighted by Crippen LogP contribution is -2.17. The van der Waals surface area contributed by atoms with Gasteiger partial charge in [0.15, 0.2) is 11.5 Å². The van der Waals surface area contributed by atoms with E-state index in [4.69, 9.17) is 9.47 Å². The van der Waals surface area contributed by atoms with E-state index in [1.54, 1.807) is 37.3 Å². The maximum Gasteiger partial charge on any atom is 0.390 e. The Bertz CT molecular complexity index is 1720. The molecule has 16 heteroatoms. The first kappa shape index (κ1) is 28.8. The van der Waals surface area contributed by atoms with E-state index in [2.05, 4.69) is 15.6 Å². The molecule has 4 aromatic rings. The van der Waals surface area contributed by atoms with Gasteiger partial charge in [-0.05, 0) is 59.4 Å². The van der Waals surface area contributed by atoms with E-state index in [0.29, 0.717) is 23.4 Å². The molecule has 0 aliphatic carbocycles. The minimum Gasteiger partial charge on any atom is -0.493 e. The molecule has 0 saturated carbocycles. The van der Waals surface area contributed by atoms with Gasteiger partial charge in [0.05, 0.1) is 52.6 Å². The molecular weight excluding hydrogens is 554 g/mol. The Hall–Kier alpha value is -6.19. The smallest absolute Gasteiger partial charge is 0.390 e. The second-order valence-corrected chi connectivity index (χ2v) is 8.63. The van der Waals surface area contributed by atoms with Crippen LogP contribution in [0.1, 0.15) is 27.2 Å². The van der Waals surface area contributed by atoms with E-state index in [9.17, 15) is 35.1 Å². The van der Waals surface area contributed by atoms with Crippen molar-refractivity contribution in [3.63, 3.8) is 0 Å². The highest BCUT2D eigenvalue weighted by Crippen LogP contribution is 2.38. The van der Waals surface area contributed by atoms with Crippen molar-refractivity contribution in [2.24, 2.45) is 5.10 Å². The molecule has 0 saturated heterocycles. The van der Waals surface area contributed by atoms with E-state index in [1.165, 1.54) is 36.2 Å². The Morgan fingerprint density at radius 3 is 2.26 bits per heavy atom. The fraction of sp³-hybridized carbons (Fsp3) is 0.115. The molecule has 1 amide bonds. The number of aryl methyl sites for hydroxylation is 1. The summed E-state index contributed by atoms with van der Waals surface area (Å²) in [7, 11) is 1.35. The van der Waals surface area contributed by atoms with Gasteiger partial charge in [0.2, 0.25) is 5.75 Å². The molecule has 0 unspecified atom stereocenters. The van der Waals surface area contributed by atoms with Crippen LogP contribution in [0.5, 0.6) is 17.2 Å². The normalized spacial score (nSPS) is 10.8. The van der Waals surface area contributed by atoms with Crippen LogP contribution in [0.15, 0.2) is 71.8 Å². The second-order valence-electron chi connectivity index (χ2n) is 8.63. The molecule has 1 heterocycles. The van der Waals surface area contributed by atoms with Gasteiger partial charge in [0, 0.05) is 11.6 Å². The van der Waals surface area contributed by atoms with Crippen molar-refractivity contribution in [1.29, 1.82) is 0 Å². The minimum atomic E-state index is -0.791. The van der Waals surface area contributed by atoms with Crippen molar-refractivity contribution in [1.82, 2.24) is 15.2 Å². The van der Waals surface area contributed by atoms with Gasteiger partial charge >= 0.3 is 11.5 Å². The number of benzene rings is 3. The Morgan fingerprint density at radius 1 is 0.929 bits per heavy atom. The number of rotatable bonds is 11. The lowest BCUT2D eigenvalue weighted by molar-refractivity contribution is -0.394. The zero-order valence-corrected chi connectivity index (χ0v) is 22.0. The Balaban J connectivity index is 1.40. The fourth-order valence-corrected chi connectivity index (χ4v) is 3.72. The van der Waals surface area contributed by atoms with Crippen LogP contribution in [0, 0.1) is 37.3 Å². The first-order valence-corrected chi connectivity index (χ1v) is 12.0. The number of nitrogens with zero attached hydrogens (tertiary/aromatic N) is 6. The standard InChI is InChI=1S/C26H21N7O9/c1-16-11-25(33(39)40)29-30(16)15-17-3-6-19(7-4-17)26(34)28-27-14-18-5-9-23(24(12-18)41-2)42-22-10-8-20(31(35)36)13-21(22)32(37)38/h3-14H,15H2,1-2H3,(H,28,34). The van der Waals surface area contributed by atoms with Crippen LogP contribution in [-0.4, -0.2) is 43.8 Å². The molecule has 16 nitrogen and oxygen atoms in total. The van der Waals surface area contributed by atoms with Crippen molar-refractivity contribution in [2.45, 2.75) is 13.5 Å². The third kappa shape index (κ3) is 6.68. The quantitative estimate of drug-likeness (QED) is 0.150. The molecule has 1 aromatic heterocycles. The van der Waals surface area contributed by atoms with Crippen LogP contribution in [0.4, 0.5) is 17.2 Å². The average Bonchev–Trinajstić information content (AvgIpc) is 3.34. The van der Waals surface area contributed by atoms with Gasteiger partial charge in [-0.15, -0.1) is 0 Å². The number of amides is 1. The number of carbonyl (C=O) groups is 1. The summed E-state index contributed by atoms with van der Waals surface area (Å²) >= 11 is 0. The van der Waals surface area contributed by atoms with E-state index < -0.39 is 32.1 Å². The van der Waals surface area contributed by atoms with Gasteiger partial charge in [-0.3, -0.25) is 25.0 Å². The number of aromatic nitrogens is 2. The number of hydrazone groups is 1. The molecule has 3 aromatic carbocycles. The highest BCUT2D eigenvalue weighted by Gasteiger charge is 2.22. The molecule has 0 radical (unpaired) electrons. The molecule has 214 valence electrons. The molecule has 0 bridgehead atoms. The van der Waals surface area contributed by atoms with Crippen LogP contribution in [0.3, 0.4) is 0 Å². The van der Waals surface area contributed by atoms with E-state index in [-0.39, 0.29) is 23.1 Å². The van der Waals surface area contributed by atoms with Crippen LogP contribution >= 0.6 is 0 Å². The minimum absolute atomic E-state index is 0.107. The number of nitrogens with one attached hydrogen (secondary N) is 1. The molecular formula is C26H21N7O9. The number of nitro benzene ring substituents is 2. The highest BCUT2D eigenvalue weighted by atomic mass is 16.6. The Labute approximate surface area is 236 Å². The zero-order chi connectivity index (χ0) is 30.4. The van der Waals surface area contributed by atoms with Crippen molar-refractivity contribution >= 4 is 29.3 Å². The van der Waals surface area contributed by atoms with E-state index >= 15 is 0 Å². The van der Waals surface area contributed by atoms with Crippen molar-refractivity contribution in [3.8, 4) is 17.2 Å². The zero-order valence-electron chi connectivity index (χ0n) is 22.0. The first-order chi connectivity index (χ1) is 20.0. The SMILES string of the molecule is COc1cc(C=NNC(=O)c2ccc(Cn3nc([N+](=O)[O-])cc3C)cc2)ccc1Oc1ccc([N+](=O)[O-])cc1[N+](=O)[O-]. The molecule has 0 aliphatic rings. The third-order valence-corrected chi connectivity index (χ3v) is 5.84. The molecule has 0 spiro atoms. The van der Waals surface area contributed by atoms with Crippen molar-refractivity contribution in [3.05, 3.63) is 119 Å². The number of methoxy groups -OCH3 is 1. The van der Waals surface area contributed by atoms with Crippen LogP contribution < -0.4 is 14.9 Å². The summed E-state index contributed by atoms with van der Waals surface area (Å²) in [5, 5.41) is 41.1. The maximum atomic E-state index is 12.5. The lowest BCUT2D eigenvalue weighted by atomic mass is 10.1. The number of ether oxygens (including phenoxy) is 2.